The van der Waals surface area contributed by atoms with E-state index in [2.05, 4.69) is 5.32 Å². The van der Waals surface area contributed by atoms with Gasteiger partial charge in [-0.05, 0) is 42.0 Å². The Morgan fingerprint density at radius 1 is 1.00 bits per heavy atom. The number of hydrogen-bond donors (Lipinski definition) is 1. The second-order valence-electron chi connectivity index (χ2n) is 5.50. The summed E-state index contributed by atoms with van der Waals surface area (Å²) in [6, 6.07) is 11.7. The Labute approximate surface area is 161 Å². The number of carbonyl (C=O) groups excluding carboxylic acids is 2. The molecule has 1 N–H and O–H groups in total. The third kappa shape index (κ3) is 5.92. The normalized spacial score (nSPS) is 10.4. The lowest BCUT2D eigenvalue weighted by Crippen LogP contribution is -2.31. The highest BCUT2D eigenvalue weighted by molar-refractivity contribution is 6.35. The fourth-order valence-corrected chi connectivity index (χ4v) is 2.76. The Hall–Kier alpha value is -1.75. The van der Waals surface area contributed by atoms with Crippen LogP contribution in [-0.2, 0) is 11.3 Å². The van der Waals surface area contributed by atoms with Crippen LogP contribution >= 0.6 is 34.8 Å². The minimum absolute atomic E-state index is 0.0950. The van der Waals surface area contributed by atoms with Gasteiger partial charge in [0.05, 0.1) is 0 Å². The van der Waals surface area contributed by atoms with Gasteiger partial charge in [0.1, 0.15) is 0 Å². The van der Waals surface area contributed by atoms with Crippen LogP contribution in [0.1, 0.15) is 22.3 Å². The summed E-state index contributed by atoms with van der Waals surface area (Å²) in [4.78, 5) is 25.7. The molecule has 0 saturated heterocycles. The fourth-order valence-electron chi connectivity index (χ4n) is 2.17. The van der Waals surface area contributed by atoms with Crippen molar-refractivity contribution in [3.8, 4) is 0 Å². The summed E-state index contributed by atoms with van der Waals surface area (Å²) in [7, 11) is 1.69. The molecule has 2 amide bonds. The Bertz CT molecular complexity index is 763. The molecule has 0 bridgehead atoms. The van der Waals surface area contributed by atoms with Gasteiger partial charge in [-0.2, -0.15) is 0 Å². The number of carbonyl (C=O) groups is 2. The summed E-state index contributed by atoms with van der Waals surface area (Å²) >= 11 is 17.8. The number of nitrogens with zero attached hydrogens (tertiary/aromatic N) is 1. The van der Waals surface area contributed by atoms with Gasteiger partial charge >= 0.3 is 0 Å². The maximum absolute atomic E-state index is 12.2. The van der Waals surface area contributed by atoms with Crippen molar-refractivity contribution in [2.24, 2.45) is 0 Å². The van der Waals surface area contributed by atoms with Crippen molar-refractivity contribution in [3.63, 3.8) is 0 Å². The molecule has 0 aliphatic carbocycles. The van der Waals surface area contributed by atoms with E-state index in [0.29, 0.717) is 27.2 Å². The summed E-state index contributed by atoms with van der Waals surface area (Å²) < 4.78 is 0. The quantitative estimate of drug-likeness (QED) is 0.781. The first kappa shape index (κ1) is 19.6. The van der Waals surface area contributed by atoms with Gasteiger partial charge in [-0.15, -0.1) is 0 Å². The number of hydrogen-bond acceptors (Lipinski definition) is 2. The molecule has 132 valence electrons. The summed E-state index contributed by atoms with van der Waals surface area (Å²) in [5, 5.41) is 4.34. The molecule has 7 heteroatoms. The largest absolute Gasteiger partial charge is 0.352 e. The van der Waals surface area contributed by atoms with E-state index in [1.165, 1.54) is 0 Å². The monoisotopic (exact) mass is 398 g/mol. The van der Waals surface area contributed by atoms with Gasteiger partial charge in [0.25, 0.3) is 5.91 Å². The van der Waals surface area contributed by atoms with Crippen LogP contribution in [0.2, 0.25) is 15.1 Å². The molecule has 0 heterocycles. The standard InChI is InChI=1S/C18H17Cl3N2O2/c1-23(11-13-4-7-15(20)10-16(13)21)17(24)8-9-22-18(25)12-2-5-14(19)6-3-12/h2-7,10H,8-9,11H2,1H3,(H,22,25). The van der Waals surface area contributed by atoms with Gasteiger partial charge in [-0.25, -0.2) is 0 Å². The first-order valence-electron chi connectivity index (χ1n) is 7.58. The minimum atomic E-state index is -0.243. The lowest BCUT2D eigenvalue weighted by molar-refractivity contribution is -0.130. The number of benzene rings is 2. The van der Waals surface area contributed by atoms with Crippen LogP contribution in [0.5, 0.6) is 0 Å². The second kappa shape index (κ2) is 9.09. The SMILES string of the molecule is CN(Cc1ccc(Cl)cc1Cl)C(=O)CCNC(=O)c1ccc(Cl)cc1. The molecule has 0 aliphatic rings. The topological polar surface area (TPSA) is 49.4 Å². The third-order valence-electron chi connectivity index (χ3n) is 3.58. The van der Waals surface area contributed by atoms with E-state index < -0.39 is 0 Å². The van der Waals surface area contributed by atoms with E-state index in [0.717, 1.165) is 5.56 Å². The summed E-state index contributed by atoms with van der Waals surface area (Å²) in [5.41, 5.74) is 1.31. The number of halogens is 3. The lowest BCUT2D eigenvalue weighted by atomic mass is 10.2. The molecule has 2 rings (SSSR count). The highest BCUT2D eigenvalue weighted by Crippen LogP contribution is 2.22. The zero-order chi connectivity index (χ0) is 18.4. The molecule has 4 nitrogen and oxygen atoms in total. The van der Waals surface area contributed by atoms with Gasteiger partial charge in [0, 0.05) is 47.2 Å². The van der Waals surface area contributed by atoms with Crippen LogP contribution in [0.15, 0.2) is 42.5 Å². The number of nitrogens with one attached hydrogen (secondary N) is 1. The van der Waals surface area contributed by atoms with E-state index in [-0.39, 0.29) is 24.8 Å². The maximum atomic E-state index is 12.2. The predicted molar refractivity (Wildman–Crippen MR) is 101 cm³/mol. The van der Waals surface area contributed by atoms with Crippen molar-refractivity contribution in [1.29, 1.82) is 0 Å². The van der Waals surface area contributed by atoms with E-state index in [4.69, 9.17) is 34.8 Å². The van der Waals surface area contributed by atoms with Gasteiger partial charge in [0.15, 0.2) is 0 Å². The molecule has 0 atom stereocenters. The number of rotatable bonds is 6. The van der Waals surface area contributed by atoms with Crippen LogP contribution in [-0.4, -0.2) is 30.3 Å². The highest BCUT2D eigenvalue weighted by atomic mass is 35.5. The van der Waals surface area contributed by atoms with Gasteiger partial charge in [0.2, 0.25) is 5.91 Å². The van der Waals surface area contributed by atoms with Crippen LogP contribution in [0.4, 0.5) is 0 Å². The summed E-state index contributed by atoms with van der Waals surface area (Å²) in [6.45, 7) is 0.624. The smallest absolute Gasteiger partial charge is 0.251 e. The van der Waals surface area contributed by atoms with E-state index in [1.54, 1.807) is 54.4 Å². The maximum Gasteiger partial charge on any atom is 0.251 e. The summed E-state index contributed by atoms with van der Waals surface area (Å²) in [5.74, 6) is -0.338. The first-order valence-corrected chi connectivity index (χ1v) is 8.72. The van der Waals surface area contributed by atoms with Crippen LogP contribution in [0.25, 0.3) is 0 Å². The van der Waals surface area contributed by atoms with E-state index >= 15 is 0 Å². The molecule has 2 aromatic carbocycles. The molecule has 0 aromatic heterocycles. The Balaban J connectivity index is 1.81. The molecule has 0 unspecified atom stereocenters. The van der Waals surface area contributed by atoms with Gasteiger partial charge < -0.3 is 10.2 Å². The predicted octanol–water partition coefficient (Wildman–Crippen LogP) is 4.43. The molecular formula is C18H17Cl3N2O2. The molecule has 0 aliphatic heterocycles. The molecule has 0 radical (unpaired) electrons. The first-order chi connectivity index (χ1) is 11.9. The zero-order valence-corrected chi connectivity index (χ0v) is 15.8. The Morgan fingerprint density at radius 2 is 1.64 bits per heavy atom. The van der Waals surface area contributed by atoms with E-state index in [1.807, 2.05) is 0 Å². The minimum Gasteiger partial charge on any atom is -0.352 e. The highest BCUT2D eigenvalue weighted by Gasteiger charge is 2.12. The van der Waals surface area contributed by atoms with Crippen molar-refractivity contribution in [2.75, 3.05) is 13.6 Å². The van der Waals surface area contributed by atoms with Crippen molar-refractivity contribution >= 4 is 46.6 Å². The fraction of sp³-hybridized carbons (Fsp3) is 0.222. The molecule has 25 heavy (non-hydrogen) atoms. The number of amides is 2. The molecule has 0 saturated carbocycles. The van der Waals surface area contributed by atoms with E-state index in [9.17, 15) is 9.59 Å². The Kier molecular flexibility index (Phi) is 7.12. The Morgan fingerprint density at radius 3 is 2.28 bits per heavy atom. The van der Waals surface area contributed by atoms with Crippen LogP contribution < -0.4 is 5.32 Å². The zero-order valence-electron chi connectivity index (χ0n) is 13.6. The third-order valence-corrected chi connectivity index (χ3v) is 4.42. The van der Waals surface area contributed by atoms with Crippen LogP contribution in [0, 0.1) is 0 Å². The second-order valence-corrected chi connectivity index (χ2v) is 6.78. The molecule has 0 fully saturated rings. The average molecular weight is 400 g/mol. The average Bonchev–Trinajstić information content (AvgIpc) is 2.57. The van der Waals surface area contributed by atoms with Crippen molar-refractivity contribution in [2.45, 2.75) is 13.0 Å². The summed E-state index contributed by atoms with van der Waals surface area (Å²) in [6.07, 6.45) is 0.195. The lowest BCUT2D eigenvalue weighted by Gasteiger charge is -2.18. The van der Waals surface area contributed by atoms with Crippen LogP contribution in [0.3, 0.4) is 0 Å². The molecular weight excluding hydrogens is 383 g/mol. The van der Waals surface area contributed by atoms with Crippen molar-refractivity contribution in [3.05, 3.63) is 68.7 Å². The van der Waals surface area contributed by atoms with Gasteiger partial charge in [-0.3, -0.25) is 9.59 Å². The van der Waals surface area contributed by atoms with Crippen molar-refractivity contribution in [1.82, 2.24) is 10.2 Å². The van der Waals surface area contributed by atoms with Gasteiger partial charge in [-0.1, -0.05) is 40.9 Å². The molecule has 2 aromatic rings. The van der Waals surface area contributed by atoms with Crippen molar-refractivity contribution < 1.29 is 9.59 Å². The molecule has 0 spiro atoms.